The van der Waals surface area contributed by atoms with Gasteiger partial charge in [0.1, 0.15) is 11.6 Å². The van der Waals surface area contributed by atoms with E-state index in [1.807, 2.05) is 0 Å². The second kappa shape index (κ2) is 4.11. The molecule has 1 aromatic rings. The van der Waals surface area contributed by atoms with Crippen molar-refractivity contribution in [2.75, 3.05) is 23.1 Å². The van der Waals surface area contributed by atoms with E-state index in [0.29, 0.717) is 11.6 Å². The second-order valence-corrected chi connectivity index (χ2v) is 4.06. The number of nitrogens with zero attached hydrogens (tertiary/aromatic N) is 2. The number of hydrogen-bond acceptors (Lipinski definition) is 7. The molecule has 1 fully saturated rings. The van der Waals surface area contributed by atoms with Gasteiger partial charge in [-0.2, -0.15) is 9.97 Å². The minimum atomic E-state index is -0.257. The molecular weight excluding hydrogens is 208 g/mol. The van der Waals surface area contributed by atoms with Gasteiger partial charge in [0.25, 0.3) is 0 Å². The van der Waals surface area contributed by atoms with Crippen molar-refractivity contribution in [2.45, 2.75) is 24.8 Å². The highest BCUT2D eigenvalue weighted by Crippen LogP contribution is 2.34. The van der Waals surface area contributed by atoms with E-state index in [0.717, 1.165) is 19.3 Å². The highest BCUT2D eigenvalue weighted by molar-refractivity contribution is 5.52. The maximum atomic E-state index is 9.32. The van der Waals surface area contributed by atoms with Crippen molar-refractivity contribution in [2.24, 2.45) is 5.84 Å². The Kier molecular flexibility index (Phi) is 2.80. The molecule has 1 aliphatic rings. The van der Waals surface area contributed by atoms with Gasteiger partial charge in [-0.05, 0) is 19.3 Å². The summed E-state index contributed by atoms with van der Waals surface area (Å²) in [6, 6.07) is 1.66. The van der Waals surface area contributed by atoms with Crippen molar-refractivity contribution in [1.82, 2.24) is 9.97 Å². The molecule has 0 atom stereocenters. The largest absolute Gasteiger partial charge is 0.394 e. The van der Waals surface area contributed by atoms with Gasteiger partial charge in [0.15, 0.2) is 0 Å². The topological polar surface area (TPSA) is 122 Å². The lowest BCUT2D eigenvalue weighted by Crippen LogP contribution is -2.48. The first-order valence-electron chi connectivity index (χ1n) is 5.18. The molecule has 0 spiro atoms. The Labute approximate surface area is 93.2 Å². The van der Waals surface area contributed by atoms with Crippen molar-refractivity contribution < 1.29 is 5.11 Å². The summed E-state index contributed by atoms with van der Waals surface area (Å²) in [4.78, 5) is 7.93. The number of hydrazine groups is 1. The van der Waals surface area contributed by atoms with Gasteiger partial charge in [0.2, 0.25) is 5.95 Å². The molecule has 0 aromatic carbocycles. The van der Waals surface area contributed by atoms with Crippen molar-refractivity contribution in [3.8, 4) is 0 Å². The number of hydrogen-bond donors (Lipinski definition) is 5. The van der Waals surface area contributed by atoms with Crippen LogP contribution in [0, 0.1) is 0 Å². The first-order chi connectivity index (χ1) is 7.67. The number of aromatic nitrogens is 2. The summed E-state index contributed by atoms with van der Waals surface area (Å²) in [6.45, 7) is 0.0856. The summed E-state index contributed by atoms with van der Waals surface area (Å²) >= 11 is 0. The molecule has 16 heavy (non-hydrogen) atoms. The Morgan fingerprint density at radius 2 is 2.06 bits per heavy atom. The highest BCUT2D eigenvalue weighted by atomic mass is 16.3. The Hall–Kier alpha value is -1.60. The zero-order chi connectivity index (χ0) is 11.6. The number of aliphatic hydroxyl groups is 1. The van der Waals surface area contributed by atoms with Crippen LogP contribution in [0.4, 0.5) is 17.6 Å². The lowest BCUT2D eigenvalue weighted by atomic mass is 9.77. The van der Waals surface area contributed by atoms with Crippen LogP contribution in [0.15, 0.2) is 6.07 Å². The Bertz CT molecular complexity index is 373. The summed E-state index contributed by atoms with van der Waals surface area (Å²) in [7, 11) is 0. The molecule has 7 N–H and O–H groups in total. The standard InChI is InChI=1S/C9H16N6O/c10-8-12-6(4-7(13-8)15-11)14-9(5-16)2-1-3-9/h4,16H,1-3,5,11H2,(H4,10,12,13,14,15). The van der Waals surface area contributed by atoms with Crippen LogP contribution < -0.4 is 22.3 Å². The third-order valence-electron chi connectivity index (χ3n) is 2.90. The monoisotopic (exact) mass is 224 g/mol. The van der Waals surface area contributed by atoms with Gasteiger partial charge in [-0.15, -0.1) is 0 Å². The number of nitrogens with two attached hydrogens (primary N) is 2. The third kappa shape index (κ3) is 2.00. The molecular formula is C9H16N6O. The number of anilines is 3. The summed E-state index contributed by atoms with van der Waals surface area (Å²) in [6.07, 6.45) is 2.97. The zero-order valence-corrected chi connectivity index (χ0v) is 8.90. The highest BCUT2D eigenvalue weighted by Gasteiger charge is 2.36. The SMILES string of the molecule is NNc1cc(NC2(CO)CCC2)nc(N)n1. The van der Waals surface area contributed by atoms with Crippen LogP contribution in [0.2, 0.25) is 0 Å². The van der Waals surface area contributed by atoms with E-state index in [2.05, 4.69) is 20.7 Å². The van der Waals surface area contributed by atoms with Gasteiger partial charge in [0, 0.05) is 6.07 Å². The van der Waals surface area contributed by atoms with Crippen molar-refractivity contribution in [3.63, 3.8) is 0 Å². The van der Waals surface area contributed by atoms with E-state index in [9.17, 15) is 5.11 Å². The van der Waals surface area contributed by atoms with E-state index in [4.69, 9.17) is 11.6 Å². The molecule has 0 saturated heterocycles. The molecule has 0 radical (unpaired) electrons. The van der Waals surface area contributed by atoms with Crippen LogP contribution in [0.1, 0.15) is 19.3 Å². The van der Waals surface area contributed by atoms with E-state index >= 15 is 0 Å². The van der Waals surface area contributed by atoms with E-state index < -0.39 is 0 Å². The lowest BCUT2D eigenvalue weighted by molar-refractivity contribution is 0.144. The second-order valence-electron chi connectivity index (χ2n) is 4.06. The maximum absolute atomic E-state index is 9.32. The van der Waals surface area contributed by atoms with E-state index in [1.54, 1.807) is 6.07 Å². The average molecular weight is 224 g/mol. The molecule has 1 saturated carbocycles. The summed E-state index contributed by atoms with van der Waals surface area (Å²) in [5.74, 6) is 6.43. The number of nitrogens with one attached hydrogen (secondary N) is 2. The Morgan fingerprint density at radius 1 is 1.38 bits per heavy atom. The third-order valence-corrected chi connectivity index (χ3v) is 2.90. The van der Waals surface area contributed by atoms with Crippen LogP contribution in [-0.4, -0.2) is 27.2 Å². The van der Waals surface area contributed by atoms with Crippen molar-refractivity contribution in [3.05, 3.63) is 6.07 Å². The molecule has 2 rings (SSSR count). The van der Waals surface area contributed by atoms with Gasteiger partial charge in [-0.1, -0.05) is 0 Å². The van der Waals surface area contributed by atoms with E-state index in [-0.39, 0.29) is 18.1 Å². The number of nitrogen functional groups attached to an aromatic ring is 2. The van der Waals surface area contributed by atoms with Crippen LogP contribution >= 0.6 is 0 Å². The minimum Gasteiger partial charge on any atom is -0.394 e. The zero-order valence-electron chi connectivity index (χ0n) is 8.90. The maximum Gasteiger partial charge on any atom is 0.223 e. The molecule has 0 unspecified atom stereocenters. The summed E-state index contributed by atoms with van der Waals surface area (Å²) < 4.78 is 0. The van der Waals surface area contributed by atoms with E-state index in [1.165, 1.54) is 0 Å². The molecule has 7 nitrogen and oxygen atoms in total. The van der Waals surface area contributed by atoms with Crippen LogP contribution in [0.5, 0.6) is 0 Å². The van der Waals surface area contributed by atoms with Crippen molar-refractivity contribution >= 4 is 17.6 Å². The summed E-state index contributed by atoms with van der Waals surface area (Å²) in [5.41, 5.74) is 7.69. The quantitative estimate of drug-likeness (QED) is 0.350. The fourth-order valence-electron chi connectivity index (χ4n) is 1.80. The van der Waals surface area contributed by atoms with Gasteiger partial charge < -0.3 is 21.6 Å². The fourth-order valence-corrected chi connectivity index (χ4v) is 1.80. The molecule has 0 aliphatic heterocycles. The van der Waals surface area contributed by atoms with Crippen LogP contribution in [-0.2, 0) is 0 Å². The first kappa shape index (κ1) is 10.9. The normalized spacial score (nSPS) is 17.6. The summed E-state index contributed by atoms with van der Waals surface area (Å²) in [5, 5.41) is 12.5. The fraction of sp³-hybridized carbons (Fsp3) is 0.556. The average Bonchev–Trinajstić information content (AvgIpc) is 2.22. The first-order valence-corrected chi connectivity index (χ1v) is 5.18. The van der Waals surface area contributed by atoms with Gasteiger partial charge in [0.05, 0.1) is 12.1 Å². The molecule has 0 bridgehead atoms. The molecule has 1 aliphatic carbocycles. The Morgan fingerprint density at radius 3 is 2.56 bits per heavy atom. The number of rotatable bonds is 4. The van der Waals surface area contributed by atoms with Gasteiger partial charge in [-0.25, -0.2) is 5.84 Å². The molecule has 0 amide bonds. The molecule has 1 heterocycles. The molecule has 7 heteroatoms. The molecule has 1 aromatic heterocycles. The van der Waals surface area contributed by atoms with Crippen molar-refractivity contribution in [1.29, 1.82) is 0 Å². The Balaban J connectivity index is 2.17. The minimum absolute atomic E-state index is 0.0856. The lowest BCUT2D eigenvalue weighted by Gasteiger charge is -2.41. The molecule has 88 valence electrons. The predicted molar refractivity (Wildman–Crippen MR) is 61.5 cm³/mol. The smallest absolute Gasteiger partial charge is 0.223 e. The van der Waals surface area contributed by atoms with Crippen LogP contribution in [0.3, 0.4) is 0 Å². The van der Waals surface area contributed by atoms with Gasteiger partial charge in [-0.3, -0.25) is 0 Å². The number of aliphatic hydroxyl groups excluding tert-OH is 1. The predicted octanol–water partition coefficient (Wildman–Crippen LogP) is -0.329. The van der Waals surface area contributed by atoms with Gasteiger partial charge >= 0.3 is 0 Å². The van der Waals surface area contributed by atoms with Crippen LogP contribution in [0.25, 0.3) is 0 Å².